The maximum Gasteiger partial charge on any atom is 0.187 e. The Morgan fingerprint density at radius 3 is 1.00 bits per heavy atom. The molecule has 0 spiro atoms. The molecule has 0 aliphatic heterocycles. The normalized spacial score (nSPS) is 0. The minimum atomic E-state index is 0. The second-order valence-electron chi connectivity index (χ2n) is 0. The van der Waals surface area contributed by atoms with Gasteiger partial charge in [-0.3, -0.25) is 0 Å². The zero-order valence-electron chi connectivity index (χ0n) is 2.05. The Morgan fingerprint density at radius 2 is 1.00 bits per heavy atom. The van der Waals surface area contributed by atoms with Crippen molar-refractivity contribution in [1.29, 1.82) is 0 Å². The van der Waals surface area contributed by atoms with Crippen LogP contribution in [0.5, 0.6) is 0 Å². The fourth-order valence-electron chi connectivity index (χ4n) is 0. The summed E-state index contributed by atoms with van der Waals surface area (Å²) in [6, 6.07) is 0. The predicted molar refractivity (Wildman–Crippen MR) is 19.9 cm³/mol. The van der Waals surface area contributed by atoms with E-state index in [0.717, 1.165) is 0 Å². The van der Waals surface area contributed by atoms with Crippen LogP contribution in [0.3, 0.4) is 0 Å². The second-order valence-corrected chi connectivity index (χ2v) is 0. The summed E-state index contributed by atoms with van der Waals surface area (Å²) in [5.74, 6) is 0. The zero-order chi connectivity index (χ0) is 0. The van der Waals surface area contributed by atoms with Gasteiger partial charge in [-0.25, -0.2) is 0 Å². The van der Waals surface area contributed by atoms with Crippen molar-refractivity contribution in [2.24, 2.45) is 0 Å². The molecule has 2 radical (unpaired) electrons. The first-order valence-electron chi connectivity index (χ1n) is 0. The molecule has 0 heterocycles. The summed E-state index contributed by atoms with van der Waals surface area (Å²) in [6.07, 6.45) is 0. The van der Waals surface area contributed by atoms with Crippen molar-refractivity contribution in [3.8, 4) is 0 Å². The van der Waals surface area contributed by atoms with Crippen LogP contribution >= 0.6 is 0 Å². The van der Waals surface area contributed by atoms with Crippen LogP contribution < -0.4 is 0 Å². The van der Waals surface area contributed by atoms with Crippen LogP contribution in [0.4, 0.5) is 0 Å². The molecular weight excluding hydrogens is 225 g/mol. The van der Waals surface area contributed by atoms with Crippen LogP contribution in [0.2, 0.25) is 0 Å². The Bertz CT molecular complexity index is 11.6. The van der Waals surface area contributed by atoms with Crippen LogP contribution in [0.1, 0.15) is 0 Å². The summed E-state index contributed by atoms with van der Waals surface area (Å²) in [5.41, 5.74) is 0. The van der Waals surface area contributed by atoms with Crippen molar-refractivity contribution in [3.05, 3.63) is 0 Å². The molecule has 0 bridgehead atoms. The molecule has 0 aliphatic carbocycles. The van der Waals surface area contributed by atoms with Gasteiger partial charge in [0.1, 0.15) is 0 Å². The van der Waals surface area contributed by atoms with Gasteiger partial charge in [0, 0.05) is 50.6 Å². The average Bonchev–Trinajstić information content (AvgIpc) is 0. The molecule has 0 N–H and O–H groups in total. The van der Waals surface area contributed by atoms with Crippen LogP contribution in [-0.4, -0.2) is 28.3 Å². The molecule has 0 aromatic rings. The molecule has 0 aliphatic rings. The monoisotopic (exact) mass is 230 g/mol. The van der Waals surface area contributed by atoms with Crippen LogP contribution in [0.25, 0.3) is 0 Å². The van der Waals surface area contributed by atoms with E-state index in [9.17, 15) is 0 Å². The van der Waals surface area contributed by atoms with E-state index >= 15 is 0 Å². The SMILES string of the molecule is [AlH3].[Fe].[Mn].[Ni].[SiH3]. The topological polar surface area (TPSA) is 0 Å². The maximum absolute atomic E-state index is 0. The van der Waals surface area contributed by atoms with Gasteiger partial charge >= 0.3 is 0 Å². The van der Waals surface area contributed by atoms with Gasteiger partial charge in [0.2, 0.25) is 0 Å². The van der Waals surface area contributed by atoms with Crippen LogP contribution in [0.15, 0.2) is 0 Å². The molecule has 0 rings (SSSR count). The quantitative estimate of drug-likeness (QED) is 0.408. The Hall–Kier alpha value is 2.28. The molecule has 0 nitrogen and oxygen atoms in total. The van der Waals surface area contributed by atoms with Crippen molar-refractivity contribution in [2.45, 2.75) is 0 Å². The van der Waals surface area contributed by atoms with Crippen molar-refractivity contribution in [1.82, 2.24) is 0 Å². The molecule has 5 heavy (non-hydrogen) atoms. The molecule has 0 aromatic carbocycles. The zero-order valence-corrected chi connectivity index (χ0v) is 7.32. The molecule has 0 saturated heterocycles. The fraction of sp³-hybridized carbons (Fsp3) is 0. The molecule has 0 amide bonds. The summed E-state index contributed by atoms with van der Waals surface area (Å²) in [5, 5.41) is 0. The van der Waals surface area contributed by atoms with E-state index < -0.39 is 0 Å². The Balaban J connectivity index is 0. The third-order valence-electron chi connectivity index (χ3n) is 0. The number of rotatable bonds is 0. The molecule has 0 unspecified atom stereocenters. The fourth-order valence-corrected chi connectivity index (χ4v) is 0. The van der Waals surface area contributed by atoms with Gasteiger partial charge in [-0.05, 0) is 11.0 Å². The summed E-state index contributed by atoms with van der Waals surface area (Å²) >= 11 is 0. The first kappa shape index (κ1) is 55.2. The van der Waals surface area contributed by atoms with Crippen molar-refractivity contribution in [3.63, 3.8) is 0 Å². The molecular formula is H6AlFeMnNiSi. The van der Waals surface area contributed by atoms with E-state index in [1.54, 1.807) is 0 Å². The molecule has 0 saturated carbocycles. The molecule has 0 fully saturated rings. The van der Waals surface area contributed by atoms with Crippen molar-refractivity contribution >= 4 is 28.3 Å². The third-order valence-corrected chi connectivity index (χ3v) is 0. The van der Waals surface area contributed by atoms with E-state index in [0.29, 0.717) is 0 Å². The summed E-state index contributed by atoms with van der Waals surface area (Å²) < 4.78 is 0. The minimum absolute atomic E-state index is 0. The Kier molecular flexibility index (Phi) is 372. The van der Waals surface area contributed by atoms with E-state index in [4.69, 9.17) is 0 Å². The van der Waals surface area contributed by atoms with Gasteiger partial charge in [-0.2, -0.15) is 0 Å². The van der Waals surface area contributed by atoms with Gasteiger partial charge in [0.05, 0.1) is 0 Å². The van der Waals surface area contributed by atoms with Gasteiger partial charge in [0.15, 0.2) is 17.4 Å². The number of hydrogen-bond acceptors (Lipinski definition) is 0. The van der Waals surface area contributed by atoms with Gasteiger partial charge in [-0.15, -0.1) is 0 Å². The second kappa shape index (κ2) is 33.7. The summed E-state index contributed by atoms with van der Waals surface area (Å²) in [4.78, 5) is 0. The molecule has 5 heteroatoms. The van der Waals surface area contributed by atoms with E-state index in [2.05, 4.69) is 0 Å². The Morgan fingerprint density at radius 1 is 1.00 bits per heavy atom. The van der Waals surface area contributed by atoms with Crippen LogP contribution in [0, 0.1) is 0 Å². The molecule has 38 valence electrons. The first-order valence-corrected chi connectivity index (χ1v) is 0. The largest absolute Gasteiger partial charge is 0.187 e. The predicted octanol–water partition coefficient (Wildman–Crippen LogP) is -2.38. The average molecular weight is 231 g/mol. The molecule has 0 aromatic heterocycles. The maximum atomic E-state index is 0. The third kappa shape index (κ3) is 22.1. The van der Waals surface area contributed by atoms with Crippen LogP contribution in [-0.2, 0) is 50.6 Å². The van der Waals surface area contributed by atoms with Gasteiger partial charge < -0.3 is 0 Å². The smallest absolute Gasteiger partial charge is 0.0125 e. The van der Waals surface area contributed by atoms with E-state index in [-0.39, 0.29) is 79.0 Å². The van der Waals surface area contributed by atoms with E-state index in [1.807, 2.05) is 0 Å². The standard InChI is InChI=1S/Al.Fe.Mn.Ni.H3Si.3H/h;;;;1H3;;;. The Labute approximate surface area is 78.3 Å². The first-order chi connectivity index (χ1) is 0. The van der Waals surface area contributed by atoms with E-state index in [1.165, 1.54) is 0 Å². The number of hydrogen-bond donors (Lipinski definition) is 0. The van der Waals surface area contributed by atoms with Crippen molar-refractivity contribution in [2.75, 3.05) is 0 Å². The summed E-state index contributed by atoms with van der Waals surface area (Å²) in [7, 11) is 0. The van der Waals surface area contributed by atoms with Gasteiger partial charge in [-0.1, -0.05) is 0 Å². The molecule has 0 atom stereocenters. The minimum Gasteiger partial charge on any atom is -0.0125 e. The van der Waals surface area contributed by atoms with Gasteiger partial charge in [0.25, 0.3) is 0 Å². The van der Waals surface area contributed by atoms with Crippen molar-refractivity contribution < 1.29 is 50.6 Å². The summed E-state index contributed by atoms with van der Waals surface area (Å²) in [6.45, 7) is 0.